The van der Waals surface area contributed by atoms with Crippen LogP contribution < -0.4 is 5.32 Å². The Morgan fingerprint density at radius 1 is 1.32 bits per heavy atom. The van der Waals surface area contributed by atoms with E-state index in [0.717, 1.165) is 41.5 Å². The van der Waals surface area contributed by atoms with E-state index < -0.39 is 17.1 Å². The lowest BCUT2D eigenvalue weighted by Crippen LogP contribution is -2.33. The van der Waals surface area contributed by atoms with E-state index in [1.165, 1.54) is 0 Å². The van der Waals surface area contributed by atoms with E-state index in [9.17, 15) is 10.1 Å². The molecule has 2 atom stereocenters. The van der Waals surface area contributed by atoms with Gasteiger partial charge in [-0.05, 0) is 57.4 Å². The summed E-state index contributed by atoms with van der Waals surface area (Å²) in [5, 5.41) is 14.8. The maximum atomic E-state index is 11.7. The van der Waals surface area contributed by atoms with Crippen LogP contribution >= 0.6 is 0 Å². The van der Waals surface area contributed by atoms with Crippen LogP contribution in [0, 0.1) is 17.2 Å². The van der Waals surface area contributed by atoms with Crippen molar-refractivity contribution >= 4 is 16.9 Å². The van der Waals surface area contributed by atoms with Crippen molar-refractivity contribution in [2.45, 2.75) is 51.0 Å². The number of pyridine rings is 1. The van der Waals surface area contributed by atoms with Crippen molar-refractivity contribution in [1.29, 1.82) is 5.26 Å². The Hall–Kier alpha value is -3.40. The third kappa shape index (κ3) is 4.53. The summed E-state index contributed by atoms with van der Waals surface area (Å²) >= 11 is 0. The fourth-order valence-electron chi connectivity index (χ4n) is 3.93. The monoisotopic (exact) mass is 417 g/mol. The number of carbonyl (C=O) groups excluding carboxylic acids is 1. The first-order valence-electron chi connectivity index (χ1n) is 10.6. The van der Waals surface area contributed by atoms with Crippen LogP contribution in [-0.2, 0) is 10.2 Å². The molecule has 0 spiro atoms. The second kappa shape index (κ2) is 8.03. The Labute approximate surface area is 182 Å². The van der Waals surface area contributed by atoms with Gasteiger partial charge in [-0.25, -0.2) is 14.8 Å². The summed E-state index contributed by atoms with van der Waals surface area (Å²) in [6.07, 6.45) is 7.52. The molecule has 2 aromatic heterocycles. The van der Waals surface area contributed by atoms with Gasteiger partial charge in [0.1, 0.15) is 23.2 Å². The number of imidazole rings is 1. The summed E-state index contributed by atoms with van der Waals surface area (Å²) in [4.78, 5) is 20.8. The van der Waals surface area contributed by atoms with E-state index in [4.69, 9.17) is 4.74 Å². The van der Waals surface area contributed by atoms with E-state index in [1.54, 1.807) is 6.33 Å². The zero-order valence-electron chi connectivity index (χ0n) is 18.1. The van der Waals surface area contributed by atoms with E-state index in [-0.39, 0.29) is 5.92 Å². The van der Waals surface area contributed by atoms with Gasteiger partial charge >= 0.3 is 6.09 Å². The first kappa shape index (κ1) is 20.9. The molecule has 1 aliphatic carbocycles. The molecule has 1 saturated carbocycles. The number of alkyl carbamates (subject to hydrolysis) is 1. The van der Waals surface area contributed by atoms with Gasteiger partial charge in [0.2, 0.25) is 0 Å². The minimum atomic E-state index is -0.548. The fraction of sp³-hybridized carbons (Fsp3) is 0.417. The number of benzene rings is 1. The summed E-state index contributed by atoms with van der Waals surface area (Å²) in [7, 11) is 0. The maximum absolute atomic E-state index is 11.7. The molecule has 2 unspecified atom stereocenters. The second-order valence-electron chi connectivity index (χ2n) is 9.11. The van der Waals surface area contributed by atoms with Crippen LogP contribution in [-0.4, -0.2) is 32.8 Å². The lowest BCUT2D eigenvalue weighted by Gasteiger charge is -2.19. The molecular formula is C24H27N5O2. The first-order chi connectivity index (χ1) is 14.8. The highest BCUT2D eigenvalue weighted by Gasteiger charge is 2.57. The normalized spacial score (nSPS) is 20.3. The highest BCUT2D eigenvalue weighted by atomic mass is 16.6. The summed E-state index contributed by atoms with van der Waals surface area (Å²) in [6, 6.07) is 12.6. The standard InChI is InChI=1S/C24H27N5O2/c1-23(2,3)31-22(30)26-10-6-9-19-12-24(19,15-25)20-14-29(16-28-20)21-11-17-7-4-5-8-18(17)13-27-21/h4-5,7-8,11,13-14,16,19H,6,9-10,12H2,1-3H3,(H,26,30). The topological polar surface area (TPSA) is 92.8 Å². The molecule has 1 fully saturated rings. The number of hydrogen-bond donors (Lipinski definition) is 1. The Morgan fingerprint density at radius 3 is 2.84 bits per heavy atom. The van der Waals surface area contributed by atoms with E-state index in [2.05, 4.69) is 27.4 Å². The number of ether oxygens (including phenoxy) is 1. The average molecular weight is 418 g/mol. The zero-order valence-corrected chi connectivity index (χ0v) is 18.1. The molecule has 1 amide bonds. The molecule has 7 nitrogen and oxygen atoms in total. The maximum Gasteiger partial charge on any atom is 0.407 e. The van der Waals surface area contributed by atoms with Gasteiger partial charge in [-0.1, -0.05) is 24.3 Å². The van der Waals surface area contributed by atoms with Crippen LogP contribution in [0.15, 0.2) is 49.1 Å². The lowest BCUT2D eigenvalue weighted by molar-refractivity contribution is 0.0526. The first-order valence-corrected chi connectivity index (χ1v) is 10.6. The Balaban J connectivity index is 1.36. The number of carbonyl (C=O) groups is 1. The van der Waals surface area contributed by atoms with Gasteiger partial charge in [-0.3, -0.25) is 4.57 Å². The number of fused-ring (bicyclic) bond motifs is 1. The van der Waals surface area contributed by atoms with E-state index in [0.29, 0.717) is 6.54 Å². The molecule has 7 heteroatoms. The predicted molar refractivity (Wildman–Crippen MR) is 118 cm³/mol. The molecule has 1 N–H and O–H groups in total. The third-order valence-corrected chi connectivity index (χ3v) is 5.62. The van der Waals surface area contributed by atoms with Gasteiger partial charge in [-0.2, -0.15) is 5.26 Å². The van der Waals surface area contributed by atoms with Crippen molar-refractivity contribution in [1.82, 2.24) is 19.9 Å². The van der Waals surface area contributed by atoms with Crippen LogP contribution in [0.4, 0.5) is 4.79 Å². The number of nitrogens with zero attached hydrogens (tertiary/aromatic N) is 4. The van der Waals surface area contributed by atoms with Crippen molar-refractivity contribution in [2.24, 2.45) is 5.92 Å². The smallest absolute Gasteiger partial charge is 0.407 e. The molecule has 31 heavy (non-hydrogen) atoms. The highest BCUT2D eigenvalue weighted by Crippen LogP contribution is 2.55. The van der Waals surface area contributed by atoms with Crippen LogP contribution in [0.2, 0.25) is 0 Å². The van der Waals surface area contributed by atoms with Crippen molar-refractivity contribution < 1.29 is 9.53 Å². The molecule has 0 radical (unpaired) electrons. The molecule has 1 aromatic carbocycles. The van der Waals surface area contributed by atoms with Crippen molar-refractivity contribution in [3.8, 4) is 11.9 Å². The largest absolute Gasteiger partial charge is 0.444 e. The molecule has 1 aliphatic rings. The number of amides is 1. The third-order valence-electron chi connectivity index (χ3n) is 5.62. The Morgan fingerprint density at radius 2 is 2.10 bits per heavy atom. The number of hydrogen-bond acceptors (Lipinski definition) is 5. The van der Waals surface area contributed by atoms with Crippen molar-refractivity contribution in [3.05, 3.63) is 54.7 Å². The number of nitriles is 1. The summed E-state index contributed by atoms with van der Waals surface area (Å²) in [5.41, 5.74) is -0.265. The minimum absolute atomic E-state index is 0.242. The number of aromatic nitrogens is 3. The fourth-order valence-corrected chi connectivity index (χ4v) is 3.93. The predicted octanol–water partition coefficient (Wildman–Crippen LogP) is 4.51. The van der Waals surface area contributed by atoms with E-state index >= 15 is 0 Å². The SMILES string of the molecule is CC(C)(C)OC(=O)NCCCC1CC1(C#N)c1cn(-c2cc3ccccc3cn2)cn1. The summed E-state index contributed by atoms with van der Waals surface area (Å²) in [5.74, 6) is 1.02. The Kier molecular flexibility index (Phi) is 5.40. The van der Waals surface area contributed by atoms with Crippen LogP contribution in [0.1, 0.15) is 45.7 Å². The zero-order chi connectivity index (χ0) is 22.1. The molecular weight excluding hydrogens is 390 g/mol. The Bertz CT molecular complexity index is 1140. The summed E-state index contributed by atoms with van der Waals surface area (Å²) in [6.45, 7) is 6.04. The van der Waals surface area contributed by atoms with Crippen molar-refractivity contribution in [3.63, 3.8) is 0 Å². The average Bonchev–Trinajstić information content (AvgIpc) is 3.22. The van der Waals surface area contributed by atoms with Gasteiger partial charge < -0.3 is 10.1 Å². The quantitative estimate of drug-likeness (QED) is 0.596. The molecule has 0 bridgehead atoms. The van der Waals surface area contributed by atoms with Crippen molar-refractivity contribution in [2.75, 3.05) is 6.54 Å². The molecule has 160 valence electrons. The van der Waals surface area contributed by atoms with Gasteiger partial charge in [0.05, 0.1) is 11.8 Å². The van der Waals surface area contributed by atoms with Crippen LogP contribution in [0.3, 0.4) is 0 Å². The molecule has 0 aliphatic heterocycles. The highest BCUT2D eigenvalue weighted by molar-refractivity contribution is 5.82. The number of rotatable bonds is 6. The van der Waals surface area contributed by atoms with Gasteiger partial charge in [-0.15, -0.1) is 0 Å². The number of nitrogens with one attached hydrogen (secondary N) is 1. The second-order valence-corrected chi connectivity index (χ2v) is 9.11. The minimum Gasteiger partial charge on any atom is -0.444 e. The molecule has 2 heterocycles. The lowest BCUT2D eigenvalue weighted by atomic mass is 9.99. The van der Waals surface area contributed by atoms with Crippen LogP contribution in [0.5, 0.6) is 0 Å². The molecule has 0 saturated heterocycles. The van der Waals surface area contributed by atoms with Gasteiger partial charge in [0, 0.05) is 24.3 Å². The molecule has 4 rings (SSSR count). The van der Waals surface area contributed by atoms with Gasteiger partial charge in [0.15, 0.2) is 0 Å². The molecule has 3 aromatic rings. The summed E-state index contributed by atoms with van der Waals surface area (Å²) < 4.78 is 7.12. The van der Waals surface area contributed by atoms with Crippen LogP contribution in [0.25, 0.3) is 16.6 Å². The van der Waals surface area contributed by atoms with Gasteiger partial charge in [0.25, 0.3) is 0 Å². The van der Waals surface area contributed by atoms with E-state index in [1.807, 2.05) is 62.0 Å².